The van der Waals surface area contributed by atoms with Gasteiger partial charge in [0.15, 0.2) is 12.4 Å². The van der Waals surface area contributed by atoms with Gasteiger partial charge in [0.05, 0.1) is 12.7 Å². The number of benzene rings is 2. The van der Waals surface area contributed by atoms with Crippen molar-refractivity contribution in [2.75, 3.05) is 20.3 Å². The molecule has 0 radical (unpaired) electrons. The topological polar surface area (TPSA) is 102 Å². The molecule has 2 heterocycles. The zero-order valence-corrected chi connectivity index (χ0v) is 16.9. The highest BCUT2D eigenvalue weighted by molar-refractivity contribution is 6.14. The van der Waals surface area contributed by atoms with E-state index in [0.717, 1.165) is 5.56 Å². The lowest BCUT2D eigenvalue weighted by atomic mass is 10.1. The van der Waals surface area contributed by atoms with Gasteiger partial charge in [0.1, 0.15) is 23.3 Å². The van der Waals surface area contributed by atoms with Gasteiger partial charge in [0.2, 0.25) is 5.78 Å². The minimum atomic E-state index is -1.01. The molecule has 1 amide bonds. The van der Waals surface area contributed by atoms with Gasteiger partial charge < -0.3 is 24.2 Å². The maximum Gasteiger partial charge on any atom is 0.326 e. The second-order valence-corrected chi connectivity index (χ2v) is 7.24. The SMILES string of the molecule is COc1ccc(/C=C2\Oc3cc(OCC(=O)N4CCC[C@H]4C(=O)O)ccc3C2=O)cc1. The molecule has 0 unspecified atom stereocenters. The Morgan fingerprint density at radius 3 is 2.65 bits per heavy atom. The van der Waals surface area contributed by atoms with Crippen molar-refractivity contribution in [3.05, 3.63) is 59.4 Å². The number of fused-ring (bicyclic) bond motifs is 1. The number of carboxylic acids is 1. The molecule has 2 aromatic carbocycles. The molecule has 160 valence electrons. The first-order valence-corrected chi connectivity index (χ1v) is 9.83. The number of nitrogens with zero attached hydrogens (tertiary/aromatic N) is 1. The van der Waals surface area contributed by atoms with Crippen molar-refractivity contribution in [3.63, 3.8) is 0 Å². The van der Waals surface area contributed by atoms with Gasteiger partial charge in [0.25, 0.3) is 5.91 Å². The van der Waals surface area contributed by atoms with E-state index in [1.54, 1.807) is 43.5 Å². The van der Waals surface area contributed by atoms with Crippen LogP contribution in [0, 0.1) is 0 Å². The minimum absolute atomic E-state index is 0.190. The number of methoxy groups -OCH3 is 1. The van der Waals surface area contributed by atoms with Gasteiger partial charge in [0, 0.05) is 12.6 Å². The van der Waals surface area contributed by atoms with E-state index in [0.29, 0.717) is 42.2 Å². The van der Waals surface area contributed by atoms with Crippen molar-refractivity contribution >= 4 is 23.7 Å². The fraction of sp³-hybridized carbons (Fsp3) is 0.261. The summed E-state index contributed by atoms with van der Waals surface area (Å²) in [7, 11) is 1.58. The van der Waals surface area contributed by atoms with Crippen LogP contribution >= 0.6 is 0 Å². The number of allylic oxidation sites excluding steroid dienone is 1. The normalized spacial score (nSPS) is 18.6. The second-order valence-electron chi connectivity index (χ2n) is 7.24. The molecule has 0 bridgehead atoms. The van der Waals surface area contributed by atoms with Gasteiger partial charge in [-0.25, -0.2) is 4.79 Å². The molecule has 2 aromatic rings. The Morgan fingerprint density at radius 2 is 1.94 bits per heavy atom. The van der Waals surface area contributed by atoms with Gasteiger partial charge in [-0.3, -0.25) is 9.59 Å². The smallest absolute Gasteiger partial charge is 0.326 e. The third kappa shape index (κ3) is 4.23. The number of aliphatic carboxylic acids is 1. The van der Waals surface area contributed by atoms with Crippen LogP contribution in [0.25, 0.3) is 6.08 Å². The molecule has 8 nitrogen and oxygen atoms in total. The van der Waals surface area contributed by atoms with E-state index in [-0.39, 0.29) is 24.1 Å². The first-order valence-electron chi connectivity index (χ1n) is 9.83. The lowest BCUT2D eigenvalue weighted by Crippen LogP contribution is -2.42. The fourth-order valence-electron chi connectivity index (χ4n) is 3.66. The van der Waals surface area contributed by atoms with E-state index in [4.69, 9.17) is 14.2 Å². The summed E-state index contributed by atoms with van der Waals surface area (Å²) in [6.45, 7) is 0.117. The Balaban J connectivity index is 1.43. The van der Waals surface area contributed by atoms with Crippen molar-refractivity contribution in [3.8, 4) is 17.2 Å². The molecule has 1 saturated heterocycles. The molecular formula is C23H21NO7. The Bertz CT molecular complexity index is 1060. The van der Waals surface area contributed by atoms with Crippen LogP contribution in [0.3, 0.4) is 0 Å². The lowest BCUT2D eigenvalue weighted by Gasteiger charge is -2.21. The molecule has 1 fully saturated rings. The zero-order valence-electron chi connectivity index (χ0n) is 16.9. The average molecular weight is 423 g/mol. The number of Topliss-reactive ketones (excluding diaryl/α,β-unsaturated/α-hetero) is 1. The van der Waals surface area contributed by atoms with Crippen molar-refractivity contribution in [2.24, 2.45) is 0 Å². The van der Waals surface area contributed by atoms with Crippen LogP contribution in [0.4, 0.5) is 0 Å². The van der Waals surface area contributed by atoms with Crippen LogP contribution < -0.4 is 14.2 Å². The Labute approximate surface area is 178 Å². The summed E-state index contributed by atoms with van der Waals surface area (Å²) >= 11 is 0. The highest BCUT2D eigenvalue weighted by Gasteiger charge is 2.34. The van der Waals surface area contributed by atoms with Crippen LogP contribution in [0.1, 0.15) is 28.8 Å². The van der Waals surface area contributed by atoms with E-state index in [9.17, 15) is 19.5 Å². The second kappa shape index (κ2) is 8.51. The predicted molar refractivity (Wildman–Crippen MR) is 110 cm³/mol. The van der Waals surface area contributed by atoms with Crippen LogP contribution in [-0.2, 0) is 9.59 Å². The molecule has 1 atom stereocenters. The minimum Gasteiger partial charge on any atom is -0.497 e. The first kappa shape index (κ1) is 20.5. The number of rotatable bonds is 6. The van der Waals surface area contributed by atoms with Crippen molar-refractivity contribution in [2.45, 2.75) is 18.9 Å². The third-order valence-corrected chi connectivity index (χ3v) is 5.28. The molecule has 2 aliphatic heterocycles. The van der Waals surface area contributed by atoms with Gasteiger partial charge in [-0.05, 0) is 48.7 Å². The summed E-state index contributed by atoms with van der Waals surface area (Å²) in [5.74, 6) is -0.0291. The number of carbonyl (C=O) groups excluding carboxylic acids is 2. The molecule has 1 N–H and O–H groups in total. The first-order chi connectivity index (χ1) is 15.0. The Morgan fingerprint density at radius 1 is 1.19 bits per heavy atom. The standard InChI is InChI=1S/C23H21NO7/c1-29-15-6-4-14(5-7-15)11-20-22(26)17-9-8-16(12-19(17)31-20)30-13-21(25)24-10-2-3-18(24)23(27)28/h4-9,11-12,18H,2-3,10,13H2,1H3,(H,27,28)/b20-11-/t18-/m0/s1. The molecule has 0 spiro atoms. The summed E-state index contributed by atoms with van der Waals surface area (Å²) in [6.07, 6.45) is 2.74. The monoisotopic (exact) mass is 423 g/mol. The summed E-state index contributed by atoms with van der Waals surface area (Å²) in [6, 6.07) is 11.1. The molecule has 4 rings (SSSR count). The van der Waals surface area contributed by atoms with Crippen LogP contribution in [0.2, 0.25) is 0 Å². The maximum absolute atomic E-state index is 12.6. The number of likely N-dealkylation sites (tertiary alicyclic amines) is 1. The molecule has 0 aliphatic carbocycles. The summed E-state index contributed by atoms with van der Waals surface area (Å²) < 4.78 is 16.4. The summed E-state index contributed by atoms with van der Waals surface area (Å²) in [4.78, 5) is 37.5. The van der Waals surface area contributed by atoms with Crippen molar-refractivity contribution in [1.82, 2.24) is 4.90 Å². The van der Waals surface area contributed by atoms with Gasteiger partial charge in [-0.15, -0.1) is 0 Å². The number of amides is 1. The van der Waals surface area contributed by atoms with E-state index in [1.807, 2.05) is 12.1 Å². The largest absolute Gasteiger partial charge is 0.497 e. The third-order valence-electron chi connectivity index (χ3n) is 5.28. The van der Waals surface area contributed by atoms with E-state index in [1.165, 1.54) is 4.90 Å². The van der Waals surface area contributed by atoms with Gasteiger partial charge in [-0.1, -0.05) is 12.1 Å². The van der Waals surface area contributed by atoms with E-state index in [2.05, 4.69) is 0 Å². The lowest BCUT2D eigenvalue weighted by molar-refractivity contribution is -0.148. The molecule has 8 heteroatoms. The van der Waals surface area contributed by atoms with E-state index >= 15 is 0 Å². The number of carbonyl (C=O) groups is 3. The Kier molecular flexibility index (Phi) is 5.62. The number of hydrogen-bond acceptors (Lipinski definition) is 6. The highest BCUT2D eigenvalue weighted by Crippen LogP contribution is 2.35. The van der Waals surface area contributed by atoms with Crippen molar-refractivity contribution in [1.29, 1.82) is 0 Å². The quantitative estimate of drug-likeness (QED) is 0.713. The average Bonchev–Trinajstić information content (AvgIpc) is 3.38. The Hall–Kier alpha value is -3.81. The van der Waals surface area contributed by atoms with E-state index < -0.39 is 12.0 Å². The number of carboxylic acid groups (broad SMARTS) is 1. The number of ether oxygens (including phenoxy) is 3. The highest BCUT2D eigenvalue weighted by atomic mass is 16.5. The zero-order chi connectivity index (χ0) is 22.0. The van der Waals surface area contributed by atoms with Crippen LogP contribution in [0.15, 0.2) is 48.2 Å². The predicted octanol–water partition coefficient (Wildman–Crippen LogP) is 2.77. The molecule has 2 aliphatic rings. The number of hydrogen-bond donors (Lipinski definition) is 1. The molecule has 31 heavy (non-hydrogen) atoms. The van der Waals surface area contributed by atoms with Crippen molar-refractivity contribution < 1.29 is 33.7 Å². The molecule has 0 aromatic heterocycles. The van der Waals surface area contributed by atoms with Gasteiger partial charge in [-0.2, -0.15) is 0 Å². The summed E-state index contributed by atoms with van der Waals surface area (Å²) in [5.41, 5.74) is 1.20. The summed E-state index contributed by atoms with van der Waals surface area (Å²) in [5, 5.41) is 9.21. The fourth-order valence-corrected chi connectivity index (χ4v) is 3.66. The van der Waals surface area contributed by atoms with Crippen LogP contribution in [-0.4, -0.2) is 54.0 Å². The van der Waals surface area contributed by atoms with Gasteiger partial charge >= 0.3 is 5.97 Å². The molecular weight excluding hydrogens is 402 g/mol. The number of ketones is 1. The molecule has 0 saturated carbocycles. The maximum atomic E-state index is 12.6. The van der Waals surface area contributed by atoms with Crippen LogP contribution in [0.5, 0.6) is 17.2 Å².